The highest BCUT2D eigenvalue weighted by atomic mass is 32.1. The van der Waals surface area contributed by atoms with Crippen molar-refractivity contribution in [2.75, 3.05) is 43.0 Å². The molecular formula is C40H49F3N8O5S. The van der Waals surface area contributed by atoms with Crippen molar-refractivity contribution in [3.05, 3.63) is 53.2 Å². The van der Waals surface area contributed by atoms with Crippen molar-refractivity contribution >= 4 is 52.5 Å². The van der Waals surface area contributed by atoms with Crippen LogP contribution in [0.2, 0.25) is 0 Å². The number of alkyl halides is 3. The minimum atomic E-state index is -4.76. The van der Waals surface area contributed by atoms with Gasteiger partial charge in [-0.05, 0) is 109 Å². The number of nitrogens with zero attached hydrogens (tertiary/aromatic N) is 6. The van der Waals surface area contributed by atoms with Gasteiger partial charge >= 0.3 is 6.18 Å². The van der Waals surface area contributed by atoms with Gasteiger partial charge in [-0.15, -0.1) is 0 Å². The van der Waals surface area contributed by atoms with Crippen molar-refractivity contribution in [1.82, 2.24) is 25.0 Å². The van der Waals surface area contributed by atoms with Crippen molar-refractivity contribution in [1.29, 1.82) is 5.26 Å². The van der Waals surface area contributed by atoms with E-state index >= 15 is 0 Å². The van der Waals surface area contributed by atoms with Crippen molar-refractivity contribution in [3.8, 4) is 6.07 Å². The van der Waals surface area contributed by atoms with Gasteiger partial charge in [-0.3, -0.25) is 39.2 Å². The fourth-order valence-electron chi connectivity index (χ4n) is 8.65. The molecule has 0 bridgehead atoms. The lowest BCUT2D eigenvalue weighted by atomic mass is 9.76. The third-order valence-corrected chi connectivity index (χ3v) is 12.3. The second-order valence-corrected chi connectivity index (χ2v) is 16.7. The van der Waals surface area contributed by atoms with E-state index in [0.717, 1.165) is 49.5 Å². The van der Waals surface area contributed by atoms with Crippen LogP contribution in [0.15, 0.2) is 36.5 Å². The Balaban J connectivity index is 0.947. The predicted molar refractivity (Wildman–Crippen MR) is 209 cm³/mol. The summed E-state index contributed by atoms with van der Waals surface area (Å²) < 4.78 is 47.5. The molecule has 4 aliphatic rings. The number of aromatic nitrogens is 1. The average Bonchev–Trinajstić information content (AvgIpc) is 3.33. The summed E-state index contributed by atoms with van der Waals surface area (Å²) in [5, 5.41) is 14.6. The molecule has 1 aromatic carbocycles. The van der Waals surface area contributed by atoms with Gasteiger partial charge in [-0.1, -0.05) is 6.07 Å². The van der Waals surface area contributed by atoms with Gasteiger partial charge in [0.2, 0.25) is 17.7 Å². The summed E-state index contributed by atoms with van der Waals surface area (Å²) in [5.41, 5.74) is -2.90. The second kappa shape index (κ2) is 16.4. The molecule has 17 heteroatoms. The van der Waals surface area contributed by atoms with E-state index in [2.05, 4.69) is 39.3 Å². The van der Waals surface area contributed by atoms with Crippen LogP contribution < -0.4 is 15.5 Å². The predicted octanol–water partition coefficient (Wildman–Crippen LogP) is 4.74. The number of nitrogens with one attached hydrogen (secondary N) is 2. The first-order valence-corrected chi connectivity index (χ1v) is 19.7. The fraction of sp³-hybridized carbons (Fsp3) is 0.575. The minimum Gasteiger partial charge on any atom is -0.377 e. The van der Waals surface area contributed by atoms with Gasteiger partial charge in [-0.2, -0.15) is 18.4 Å². The zero-order valence-corrected chi connectivity index (χ0v) is 33.6. The van der Waals surface area contributed by atoms with Crippen molar-refractivity contribution in [2.24, 2.45) is 0 Å². The highest BCUT2D eigenvalue weighted by Gasteiger charge is 2.53. The van der Waals surface area contributed by atoms with E-state index < -0.39 is 34.2 Å². The lowest BCUT2D eigenvalue weighted by molar-refractivity contribution is -0.138. The number of carbonyl (C=O) groups excluding carboxylic acids is 4. The van der Waals surface area contributed by atoms with Gasteiger partial charge in [-0.25, -0.2) is 4.98 Å². The summed E-state index contributed by atoms with van der Waals surface area (Å²) in [6.45, 7) is 12.4. The first-order valence-electron chi connectivity index (χ1n) is 19.3. The molecular weight excluding hydrogens is 762 g/mol. The molecule has 306 valence electrons. The summed E-state index contributed by atoms with van der Waals surface area (Å²) in [6, 6.07) is 8.35. The number of halogens is 3. The van der Waals surface area contributed by atoms with E-state index in [1.165, 1.54) is 6.07 Å². The highest BCUT2D eigenvalue weighted by molar-refractivity contribution is 7.80. The zero-order valence-electron chi connectivity index (χ0n) is 32.8. The first-order chi connectivity index (χ1) is 26.8. The van der Waals surface area contributed by atoms with Crippen LogP contribution in [0.3, 0.4) is 0 Å². The maximum atomic E-state index is 13.7. The van der Waals surface area contributed by atoms with Gasteiger partial charge < -0.3 is 15.0 Å². The maximum absolute atomic E-state index is 13.7. The Bertz CT molecular complexity index is 1940. The molecule has 3 aliphatic heterocycles. The molecule has 4 fully saturated rings. The summed E-state index contributed by atoms with van der Waals surface area (Å²) in [7, 11) is 0. The van der Waals surface area contributed by atoms with Crippen LogP contribution in [0.5, 0.6) is 0 Å². The van der Waals surface area contributed by atoms with Gasteiger partial charge in [0.25, 0.3) is 5.91 Å². The topological polar surface area (TPSA) is 151 Å². The molecule has 0 radical (unpaired) electrons. The first kappa shape index (κ1) is 42.1. The van der Waals surface area contributed by atoms with Crippen LogP contribution in [-0.2, 0) is 35.5 Å². The number of amides is 4. The van der Waals surface area contributed by atoms with Gasteiger partial charge in [0.15, 0.2) is 5.11 Å². The molecule has 1 aromatic heterocycles. The van der Waals surface area contributed by atoms with Crippen molar-refractivity contribution in [2.45, 2.75) is 115 Å². The third-order valence-electron chi connectivity index (χ3n) is 12.0. The summed E-state index contributed by atoms with van der Waals surface area (Å²) in [5.74, 6) is -0.853. The van der Waals surface area contributed by atoms with Crippen LogP contribution in [-0.4, -0.2) is 111 Å². The van der Waals surface area contributed by atoms with E-state index in [1.807, 2.05) is 4.90 Å². The van der Waals surface area contributed by atoms with Crippen LogP contribution >= 0.6 is 12.2 Å². The van der Waals surface area contributed by atoms with Crippen LogP contribution in [0, 0.1) is 11.3 Å². The molecule has 3 saturated heterocycles. The SMILES string of the molecule is C[C@@H]1CN(CCOC2CCC(N3C(=S)N(c4ccc(C#N)c(C(F)(F)F)c4)C(=O)C3(C)C)CC2)C[C@H](C)N1CC(=O)Nc1ccc([C@]2(C)CCC(=O)NC2=O)cn1. The number of imide groups is 1. The number of rotatable bonds is 10. The number of piperidine rings is 1. The van der Waals surface area contributed by atoms with E-state index in [-0.39, 0.29) is 65.7 Å². The Morgan fingerprint density at radius 2 is 1.75 bits per heavy atom. The number of benzene rings is 1. The van der Waals surface area contributed by atoms with E-state index in [0.29, 0.717) is 37.3 Å². The molecule has 57 heavy (non-hydrogen) atoms. The lowest BCUT2D eigenvalue weighted by Gasteiger charge is -2.44. The maximum Gasteiger partial charge on any atom is 0.417 e. The van der Waals surface area contributed by atoms with Crippen molar-refractivity contribution < 1.29 is 37.1 Å². The number of carbonyl (C=O) groups is 4. The Morgan fingerprint density at radius 1 is 1.07 bits per heavy atom. The highest BCUT2D eigenvalue weighted by Crippen LogP contribution is 2.41. The van der Waals surface area contributed by atoms with Gasteiger partial charge in [0, 0.05) is 50.4 Å². The number of pyridine rings is 1. The van der Waals surface area contributed by atoms with Crippen LogP contribution in [0.4, 0.5) is 24.7 Å². The molecule has 1 saturated carbocycles. The van der Waals surface area contributed by atoms with E-state index in [4.69, 9.17) is 17.0 Å². The zero-order chi connectivity index (χ0) is 41.4. The summed E-state index contributed by atoms with van der Waals surface area (Å²) in [6.07, 6.45) is 0.359. The molecule has 1 aliphatic carbocycles. The Hall–Kier alpha value is -4.50. The van der Waals surface area contributed by atoms with E-state index in [1.54, 1.807) is 45.2 Å². The second-order valence-electron chi connectivity index (χ2n) is 16.3. The normalized spacial score (nSPS) is 27.4. The van der Waals surface area contributed by atoms with Gasteiger partial charge in [0.1, 0.15) is 11.4 Å². The van der Waals surface area contributed by atoms with E-state index in [9.17, 15) is 37.6 Å². The summed E-state index contributed by atoms with van der Waals surface area (Å²) >= 11 is 5.73. The molecule has 4 amide bonds. The number of ether oxygens (including phenoxy) is 1. The van der Waals surface area contributed by atoms with Gasteiger partial charge in [0.05, 0.1) is 47.6 Å². The smallest absolute Gasteiger partial charge is 0.377 e. The van der Waals surface area contributed by atoms with Crippen LogP contribution in [0.25, 0.3) is 0 Å². The molecule has 2 aromatic rings. The molecule has 0 unspecified atom stereocenters. The fourth-order valence-corrected chi connectivity index (χ4v) is 9.22. The van der Waals surface area contributed by atoms with Crippen LogP contribution in [0.1, 0.15) is 89.8 Å². The Kier molecular flexibility index (Phi) is 12.1. The number of nitriles is 1. The molecule has 3 atom stereocenters. The molecule has 0 spiro atoms. The number of hydrogen-bond donors (Lipinski definition) is 2. The van der Waals surface area contributed by atoms with Crippen molar-refractivity contribution in [3.63, 3.8) is 0 Å². The Labute approximate surface area is 335 Å². The number of thiocarbonyl (C=S) groups is 1. The molecule has 6 rings (SSSR count). The monoisotopic (exact) mass is 810 g/mol. The summed E-state index contributed by atoms with van der Waals surface area (Å²) in [4.78, 5) is 62.7. The molecule has 13 nitrogen and oxygen atoms in total. The Morgan fingerprint density at radius 3 is 2.35 bits per heavy atom. The average molecular weight is 811 g/mol. The largest absolute Gasteiger partial charge is 0.417 e. The third kappa shape index (κ3) is 8.69. The standard InChI is InChI=1S/C40H49F3N8O5S/c1-24-21-48(22-25(2)49(24)23-34(53)46-32-13-7-27(20-45-32)39(5)15-14-33(52)47-35(39)54)16-17-56-30-11-9-28(10-12-30)51-37(57)50(36(55)38(51,3)4)29-8-6-26(19-44)31(18-29)40(41,42)43/h6-8,13,18,20,24-25,28,30H,9-12,14-17,21-23H2,1-5H3,(H,45,46,53)(H,47,52,54)/t24-,25+,28?,30?,39-/m0/s1. The lowest BCUT2D eigenvalue weighted by Crippen LogP contribution is -2.58. The minimum absolute atomic E-state index is 0.0147. The number of piperazine rings is 1. The number of anilines is 2. The molecule has 4 heterocycles. The quantitative estimate of drug-likeness (QED) is 0.253. The number of hydrogen-bond acceptors (Lipinski definition) is 10. The molecule has 2 N–H and O–H groups in total.